The highest BCUT2D eigenvalue weighted by Crippen LogP contribution is 2.18. The molecule has 0 aliphatic rings. The molecular formula is C14H12F3N. The minimum absolute atomic E-state index is 0.104. The van der Waals surface area contributed by atoms with Crippen molar-refractivity contribution in [2.75, 3.05) is 5.32 Å². The summed E-state index contributed by atoms with van der Waals surface area (Å²) < 4.78 is 39.7. The van der Waals surface area contributed by atoms with E-state index in [0.29, 0.717) is 11.3 Å². The molecule has 2 aromatic carbocycles. The third-order valence-corrected chi connectivity index (χ3v) is 2.68. The van der Waals surface area contributed by atoms with Crippen LogP contribution in [0.15, 0.2) is 36.4 Å². The maximum Gasteiger partial charge on any atom is 0.149 e. The third-order valence-electron chi connectivity index (χ3n) is 2.68. The van der Waals surface area contributed by atoms with Gasteiger partial charge in [-0.1, -0.05) is 18.2 Å². The molecule has 18 heavy (non-hydrogen) atoms. The van der Waals surface area contributed by atoms with Crippen LogP contribution in [-0.2, 0) is 6.54 Å². The largest absolute Gasteiger partial charge is 0.378 e. The molecule has 0 fully saturated rings. The Morgan fingerprint density at radius 1 is 1.06 bits per heavy atom. The molecule has 0 saturated heterocycles. The van der Waals surface area contributed by atoms with E-state index in [1.165, 1.54) is 12.1 Å². The number of anilines is 1. The van der Waals surface area contributed by atoms with E-state index in [0.717, 1.165) is 6.07 Å². The lowest BCUT2D eigenvalue weighted by Gasteiger charge is -2.09. The second kappa shape index (κ2) is 5.12. The molecule has 0 radical (unpaired) electrons. The molecule has 0 aromatic heterocycles. The van der Waals surface area contributed by atoms with Crippen molar-refractivity contribution in [3.8, 4) is 0 Å². The van der Waals surface area contributed by atoms with Crippen LogP contribution in [-0.4, -0.2) is 0 Å². The summed E-state index contributed by atoms with van der Waals surface area (Å²) in [5.74, 6) is -1.63. The summed E-state index contributed by atoms with van der Waals surface area (Å²) in [6.45, 7) is 1.76. The SMILES string of the molecule is Cc1cccc(NCc2ccc(F)cc2F)c1F. The average molecular weight is 251 g/mol. The minimum Gasteiger partial charge on any atom is -0.378 e. The van der Waals surface area contributed by atoms with Crippen LogP contribution in [0.2, 0.25) is 0 Å². The lowest BCUT2D eigenvalue weighted by molar-refractivity contribution is 0.573. The van der Waals surface area contributed by atoms with Gasteiger partial charge in [0.05, 0.1) is 5.69 Å². The summed E-state index contributed by atoms with van der Waals surface area (Å²) in [6.07, 6.45) is 0. The van der Waals surface area contributed by atoms with Gasteiger partial charge in [0.25, 0.3) is 0 Å². The summed E-state index contributed by atoms with van der Waals surface area (Å²) in [4.78, 5) is 0. The van der Waals surface area contributed by atoms with Crippen molar-refractivity contribution < 1.29 is 13.2 Å². The summed E-state index contributed by atoms with van der Waals surface area (Å²) in [5, 5.41) is 2.79. The molecule has 1 N–H and O–H groups in total. The number of hydrogen-bond acceptors (Lipinski definition) is 1. The van der Waals surface area contributed by atoms with Gasteiger partial charge >= 0.3 is 0 Å². The molecule has 0 bridgehead atoms. The predicted octanol–water partition coefficient (Wildman–Crippen LogP) is 4.02. The van der Waals surface area contributed by atoms with Gasteiger partial charge in [0.2, 0.25) is 0 Å². The fraction of sp³-hybridized carbons (Fsp3) is 0.143. The van der Waals surface area contributed by atoms with Crippen molar-refractivity contribution >= 4 is 5.69 Å². The minimum atomic E-state index is -0.643. The van der Waals surface area contributed by atoms with Gasteiger partial charge < -0.3 is 5.32 Å². The Labute approximate surface area is 103 Å². The van der Waals surface area contributed by atoms with Crippen LogP contribution in [0.3, 0.4) is 0 Å². The molecule has 2 aromatic rings. The van der Waals surface area contributed by atoms with Crippen molar-refractivity contribution in [3.63, 3.8) is 0 Å². The van der Waals surface area contributed by atoms with E-state index in [-0.39, 0.29) is 17.9 Å². The van der Waals surface area contributed by atoms with Gasteiger partial charge in [-0.15, -0.1) is 0 Å². The normalized spacial score (nSPS) is 10.4. The molecule has 1 nitrogen and oxygen atoms in total. The van der Waals surface area contributed by atoms with Crippen molar-refractivity contribution in [3.05, 3.63) is 65.0 Å². The monoisotopic (exact) mass is 251 g/mol. The van der Waals surface area contributed by atoms with Gasteiger partial charge in [0.15, 0.2) is 0 Å². The molecule has 0 amide bonds. The van der Waals surface area contributed by atoms with Crippen LogP contribution in [0.5, 0.6) is 0 Å². The number of rotatable bonds is 3. The molecule has 0 heterocycles. The molecule has 0 spiro atoms. The first-order valence-electron chi connectivity index (χ1n) is 5.51. The van der Waals surface area contributed by atoms with Crippen molar-refractivity contribution in [1.29, 1.82) is 0 Å². The Morgan fingerprint density at radius 3 is 2.56 bits per heavy atom. The average Bonchev–Trinajstić information content (AvgIpc) is 2.33. The molecule has 0 unspecified atom stereocenters. The zero-order chi connectivity index (χ0) is 13.1. The van der Waals surface area contributed by atoms with Crippen molar-refractivity contribution in [2.24, 2.45) is 0 Å². The topological polar surface area (TPSA) is 12.0 Å². The highest BCUT2D eigenvalue weighted by molar-refractivity contribution is 5.47. The molecule has 2 rings (SSSR count). The zero-order valence-corrected chi connectivity index (χ0v) is 9.81. The zero-order valence-electron chi connectivity index (χ0n) is 9.81. The van der Waals surface area contributed by atoms with E-state index in [4.69, 9.17) is 0 Å². The predicted molar refractivity (Wildman–Crippen MR) is 64.8 cm³/mol. The maximum absolute atomic E-state index is 13.7. The fourth-order valence-electron chi connectivity index (χ4n) is 1.64. The molecular weight excluding hydrogens is 239 g/mol. The van der Waals surface area contributed by atoms with Crippen molar-refractivity contribution in [1.82, 2.24) is 0 Å². The highest BCUT2D eigenvalue weighted by atomic mass is 19.1. The van der Waals surface area contributed by atoms with E-state index in [1.807, 2.05) is 0 Å². The van der Waals surface area contributed by atoms with Crippen LogP contribution in [0.4, 0.5) is 18.9 Å². The molecule has 0 atom stereocenters. The first kappa shape index (κ1) is 12.5. The lowest BCUT2D eigenvalue weighted by Crippen LogP contribution is -2.04. The van der Waals surface area contributed by atoms with E-state index in [2.05, 4.69) is 5.32 Å². The molecule has 0 aliphatic carbocycles. The Hall–Kier alpha value is -1.97. The summed E-state index contributed by atoms with van der Waals surface area (Å²) in [6, 6.07) is 8.26. The smallest absolute Gasteiger partial charge is 0.149 e. The first-order chi connectivity index (χ1) is 8.58. The Bertz CT molecular complexity index is 567. The second-order valence-corrected chi connectivity index (χ2v) is 4.03. The lowest BCUT2D eigenvalue weighted by atomic mass is 10.1. The Morgan fingerprint density at radius 2 is 1.83 bits per heavy atom. The quantitative estimate of drug-likeness (QED) is 0.868. The molecule has 4 heteroatoms. The highest BCUT2D eigenvalue weighted by Gasteiger charge is 2.07. The molecule has 94 valence electrons. The number of aryl methyl sites for hydroxylation is 1. The number of benzene rings is 2. The van der Waals surface area contributed by atoms with Crippen LogP contribution >= 0.6 is 0 Å². The van der Waals surface area contributed by atoms with E-state index < -0.39 is 11.6 Å². The van der Waals surface area contributed by atoms with E-state index in [1.54, 1.807) is 25.1 Å². The fourth-order valence-corrected chi connectivity index (χ4v) is 1.64. The summed E-state index contributed by atoms with van der Waals surface area (Å²) >= 11 is 0. The van der Waals surface area contributed by atoms with Crippen molar-refractivity contribution in [2.45, 2.75) is 13.5 Å². The van der Waals surface area contributed by atoms with Gasteiger partial charge in [-0.25, -0.2) is 13.2 Å². The third kappa shape index (κ3) is 2.64. The van der Waals surface area contributed by atoms with Crippen LogP contribution in [0.25, 0.3) is 0 Å². The number of halogens is 3. The summed E-state index contributed by atoms with van der Waals surface area (Å²) in [7, 11) is 0. The first-order valence-corrected chi connectivity index (χ1v) is 5.51. The number of nitrogens with one attached hydrogen (secondary N) is 1. The Kier molecular flexibility index (Phi) is 3.55. The summed E-state index contributed by atoms with van der Waals surface area (Å²) in [5.41, 5.74) is 1.11. The molecule has 0 aliphatic heterocycles. The van der Waals surface area contributed by atoms with Gasteiger partial charge in [-0.2, -0.15) is 0 Å². The van der Waals surface area contributed by atoms with E-state index in [9.17, 15) is 13.2 Å². The van der Waals surface area contributed by atoms with E-state index >= 15 is 0 Å². The number of hydrogen-bond donors (Lipinski definition) is 1. The van der Waals surface area contributed by atoms with Crippen LogP contribution in [0.1, 0.15) is 11.1 Å². The van der Waals surface area contributed by atoms with Gasteiger partial charge in [0.1, 0.15) is 17.5 Å². The standard InChI is InChI=1S/C14H12F3N/c1-9-3-2-4-13(14(9)17)18-8-10-5-6-11(15)7-12(10)16/h2-7,18H,8H2,1H3. The molecule has 0 saturated carbocycles. The van der Waals surface area contributed by atoms with Crippen LogP contribution < -0.4 is 5.32 Å². The second-order valence-electron chi connectivity index (χ2n) is 4.03. The van der Waals surface area contributed by atoms with Gasteiger partial charge in [-0.3, -0.25) is 0 Å². The van der Waals surface area contributed by atoms with Crippen LogP contribution in [0, 0.1) is 24.4 Å². The van der Waals surface area contributed by atoms with Gasteiger partial charge in [0, 0.05) is 18.2 Å². The van der Waals surface area contributed by atoms with Gasteiger partial charge in [-0.05, 0) is 24.6 Å². The Balaban J connectivity index is 2.14. The maximum atomic E-state index is 13.7.